The first-order valence-corrected chi connectivity index (χ1v) is 9.33. The van der Waals surface area contributed by atoms with Crippen LogP contribution in [0.2, 0.25) is 0 Å². The fourth-order valence-electron chi connectivity index (χ4n) is 2.19. The minimum absolute atomic E-state index is 0.124. The first kappa shape index (κ1) is 17.3. The van der Waals surface area contributed by atoms with Crippen molar-refractivity contribution < 1.29 is 9.59 Å². The Bertz CT molecular complexity index is 867. The minimum atomic E-state index is -0.354. The van der Waals surface area contributed by atoms with Gasteiger partial charge in [-0.3, -0.25) is 9.59 Å². The van der Waals surface area contributed by atoms with Crippen LogP contribution in [0.4, 0.5) is 5.69 Å². The van der Waals surface area contributed by atoms with Crippen LogP contribution in [-0.4, -0.2) is 27.1 Å². The third kappa shape index (κ3) is 4.32. The quantitative estimate of drug-likeness (QED) is 0.527. The van der Waals surface area contributed by atoms with E-state index in [2.05, 4.69) is 15.5 Å². The lowest BCUT2D eigenvalue weighted by Gasteiger charge is -2.13. The summed E-state index contributed by atoms with van der Waals surface area (Å²) in [7, 11) is 0. The second-order valence-electron chi connectivity index (χ2n) is 5.19. The molecule has 1 unspecified atom stereocenters. The molecule has 0 radical (unpaired) electrons. The SMILES string of the molecule is CC(Sc1nncs1)C(=O)Nc1ccccc1C(=O)c1ccccc1. The van der Waals surface area contributed by atoms with Crippen molar-refractivity contribution in [3.63, 3.8) is 0 Å². The maximum absolute atomic E-state index is 12.7. The fraction of sp³-hybridized carbons (Fsp3) is 0.111. The van der Waals surface area contributed by atoms with Crippen LogP contribution in [0.25, 0.3) is 0 Å². The summed E-state index contributed by atoms with van der Waals surface area (Å²) in [5, 5.41) is 10.2. The van der Waals surface area contributed by atoms with Crippen LogP contribution >= 0.6 is 23.1 Å². The molecule has 2 aromatic carbocycles. The van der Waals surface area contributed by atoms with Crippen LogP contribution < -0.4 is 5.32 Å². The summed E-state index contributed by atoms with van der Waals surface area (Å²) >= 11 is 2.72. The molecule has 7 heteroatoms. The molecular formula is C18H15N3O2S2. The van der Waals surface area contributed by atoms with Crippen molar-refractivity contribution in [2.24, 2.45) is 0 Å². The highest BCUT2D eigenvalue weighted by Crippen LogP contribution is 2.26. The lowest BCUT2D eigenvalue weighted by Crippen LogP contribution is -2.23. The van der Waals surface area contributed by atoms with Crippen molar-refractivity contribution in [2.45, 2.75) is 16.5 Å². The summed E-state index contributed by atoms with van der Waals surface area (Å²) in [4.78, 5) is 25.2. The smallest absolute Gasteiger partial charge is 0.237 e. The second-order valence-corrected chi connectivity index (χ2v) is 7.62. The predicted octanol–water partition coefficient (Wildman–Crippen LogP) is 3.89. The number of nitrogens with one attached hydrogen (secondary N) is 1. The number of nitrogens with zero attached hydrogens (tertiary/aromatic N) is 2. The van der Waals surface area contributed by atoms with E-state index in [9.17, 15) is 9.59 Å². The van der Waals surface area contributed by atoms with Gasteiger partial charge in [0.25, 0.3) is 0 Å². The third-order valence-electron chi connectivity index (χ3n) is 3.45. The second kappa shape index (κ2) is 8.04. The van der Waals surface area contributed by atoms with E-state index in [-0.39, 0.29) is 16.9 Å². The van der Waals surface area contributed by atoms with Crippen LogP contribution in [0.5, 0.6) is 0 Å². The molecule has 0 aliphatic carbocycles. The molecule has 126 valence electrons. The lowest BCUT2D eigenvalue weighted by atomic mass is 10.0. The zero-order valence-corrected chi connectivity index (χ0v) is 15.0. The van der Waals surface area contributed by atoms with Crippen LogP contribution in [0.15, 0.2) is 64.4 Å². The molecule has 3 aromatic rings. The van der Waals surface area contributed by atoms with Crippen LogP contribution in [0.1, 0.15) is 22.8 Å². The Labute approximate surface area is 153 Å². The average molecular weight is 369 g/mol. The fourth-order valence-corrected chi connectivity index (χ4v) is 3.81. The van der Waals surface area contributed by atoms with Crippen LogP contribution in [0.3, 0.4) is 0 Å². The van der Waals surface area contributed by atoms with E-state index < -0.39 is 0 Å². The minimum Gasteiger partial charge on any atom is -0.324 e. The molecule has 3 rings (SSSR count). The number of hydrogen-bond donors (Lipinski definition) is 1. The first-order chi connectivity index (χ1) is 12.1. The first-order valence-electron chi connectivity index (χ1n) is 7.57. The number of amides is 1. The van der Waals surface area contributed by atoms with E-state index in [0.717, 1.165) is 4.34 Å². The molecule has 1 atom stereocenters. The Kier molecular flexibility index (Phi) is 5.57. The van der Waals surface area contributed by atoms with Crippen molar-refractivity contribution >= 4 is 40.5 Å². The van der Waals surface area contributed by atoms with Gasteiger partial charge in [0.05, 0.1) is 10.9 Å². The number of thioether (sulfide) groups is 1. The van der Waals surface area contributed by atoms with Crippen LogP contribution in [-0.2, 0) is 4.79 Å². The molecule has 5 nitrogen and oxygen atoms in total. The monoisotopic (exact) mass is 369 g/mol. The zero-order valence-electron chi connectivity index (χ0n) is 13.4. The number of ketones is 1. The van der Waals surface area contributed by atoms with Gasteiger partial charge in [-0.25, -0.2) is 0 Å². The van der Waals surface area contributed by atoms with Gasteiger partial charge < -0.3 is 5.32 Å². The molecule has 0 spiro atoms. The summed E-state index contributed by atoms with van der Waals surface area (Å²) in [6, 6.07) is 16.0. The Balaban J connectivity index is 1.77. The largest absolute Gasteiger partial charge is 0.324 e. The van der Waals surface area contributed by atoms with Gasteiger partial charge in [0.2, 0.25) is 5.91 Å². The number of benzene rings is 2. The summed E-state index contributed by atoms with van der Waals surface area (Å²) < 4.78 is 0.733. The van der Waals surface area contributed by atoms with E-state index in [4.69, 9.17) is 0 Å². The maximum atomic E-state index is 12.7. The zero-order chi connectivity index (χ0) is 17.6. The highest BCUT2D eigenvalue weighted by Gasteiger charge is 2.19. The lowest BCUT2D eigenvalue weighted by molar-refractivity contribution is -0.115. The number of aromatic nitrogens is 2. The molecule has 25 heavy (non-hydrogen) atoms. The molecular weight excluding hydrogens is 354 g/mol. The summed E-state index contributed by atoms with van der Waals surface area (Å²) in [5.74, 6) is -0.311. The normalized spacial score (nSPS) is 11.7. The van der Waals surface area contributed by atoms with Gasteiger partial charge in [-0.1, -0.05) is 65.6 Å². The standard InChI is InChI=1S/C18H15N3O2S2/c1-12(25-18-21-19-11-24-18)17(23)20-15-10-6-5-9-14(15)16(22)13-7-3-2-4-8-13/h2-12H,1H3,(H,20,23). The van der Waals surface area contributed by atoms with Crippen molar-refractivity contribution in [3.05, 3.63) is 71.2 Å². The van der Waals surface area contributed by atoms with Gasteiger partial charge in [-0.05, 0) is 19.1 Å². The third-order valence-corrected chi connectivity index (χ3v) is 5.36. The van der Waals surface area contributed by atoms with Gasteiger partial charge in [0.15, 0.2) is 10.1 Å². The molecule has 0 saturated carbocycles. The number of carbonyl (C=O) groups excluding carboxylic acids is 2. The molecule has 1 aromatic heterocycles. The van der Waals surface area contributed by atoms with Gasteiger partial charge in [-0.15, -0.1) is 10.2 Å². The molecule has 0 aliphatic heterocycles. The van der Waals surface area contributed by atoms with Crippen LogP contribution in [0, 0.1) is 0 Å². The number of carbonyl (C=O) groups is 2. The molecule has 0 fully saturated rings. The number of anilines is 1. The van der Waals surface area contributed by atoms with E-state index in [1.54, 1.807) is 48.8 Å². The topological polar surface area (TPSA) is 72.0 Å². The summed E-state index contributed by atoms with van der Waals surface area (Å²) in [6.07, 6.45) is 0. The van der Waals surface area contributed by atoms with Crippen molar-refractivity contribution in [1.29, 1.82) is 0 Å². The Morgan fingerprint density at radius 3 is 2.52 bits per heavy atom. The van der Waals surface area contributed by atoms with Gasteiger partial charge >= 0.3 is 0 Å². The van der Waals surface area contributed by atoms with Gasteiger partial charge in [0.1, 0.15) is 5.51 Å². The van der Waals surface area contributed by atoms with Gasteiger partial charge in [0, 0.05) is 11.1 Å². The van der Waals surface area contributed by atoms with Gasteiger partial charge in [-0.2, -0.15) is 0 Å². The molecule has 0 aliphatic rings. The van der Waals surface area contributed by atoms with Crippen molar-refractivity contribution in [1.82, 2.24) is 10.2 Å². The summed E-state index contributed by atoms with van der Waals surface area (Å²) in [5.41, 5.74) is 3.18. The molecule has 1 heterocycles. The Morgan fingerprint density at radius 2 is 1.80 bits per heavy atom. The van der Waals surface area contributed by atoms with Crippen molar-refractivity contribution in [2.75, 3.05) is 5.32 Å². The Morgan fingerprint density at radius 1 is 1.08 bits per heavy atom. The molecule has 1 amide bonds. The van der Waals surface area contributed by atoms with E-state index in [0.29, 0.717) is 16.8 Å². The highest BCUT2D eigenvalue weighted by molar-refractivity contribution is 8.02. The predicted molar refractivity (Wildman–Crippen MR) is 100 cm³/mol. The van der Waals surface area contributed by atoms with Crippen molar-refractivity contribution in [3.8, 4) is 0 Å². The average Bonchev–Trinajstić information content (AvgIpc) is 3.15. The Hall–Kier alpha value is -2.51. The van der Waals surface area contributed by atoms with E-state index in [1.807, 2.05) is 18.2 Å². The number of para-hydroxylation sites is 1. The highest BCUT2D eigenvalue weighted by atomic mass is 32.2. The van der Waals surface area contributed by atoms with E-state index in [1.165, 1.54) is 23.1 Å². The molecule has 0 saturated heterocycles. The van der Waals surface area contributed by atoms with E-state index >= 15 is 0 Å². The molecule has 1 N–H and O–H groups in total. The molecule has 0 bridgehead atoms. The maximum Gasteiger partial charge on any atom is 0.237 e. The number of rotatable bonds is 6. The summed E-state index contributed by atoms with van der Waals surface area (Å²) in [6.45, 7) is 1.79. The number of hydrogen-bond acceptors (Lipinski definition) is 6.